The van der Waals surface area contributed by atoms with Crippen molar-refractivity contribution in [3.05, 3.63) is 70.6 Å². The Morgan fingerprint density at radius 1 is 0.897 bits per heavy atom. The first-order chi connectivity index (χ1) is 13.9. The van der Waals surface area contributed by atoms with Crippen LogP contribution in [-0.4, -0.2) is 18.4 Å². The standard InChI is InChI=1S/C21H19Cl2N3O2S/c22-17-9-5-16(6-10-17)19-20(23)24-13-25-21(19)26-29(27,28)18-11-7-15(8-12-18)14-3-1-2-4-14/h5-14H,1-4H2,(H,24,25,26). The molecule has 1 saturated carbocycles. The first kappa shape index (κ1) is 20.1. The van der Waals surface area contributed by atoms with Crippen LogP contribution in [0.15, 0.2) is 59.8 Å². The van der Waals surface area contributed by atoms with Crippen molar-refractivity contribution >= 4 is 39.0 Å². The highest BCUT2D eigenvalue weighted by Crippen LogP contribution is 2.35. The van der Waals surface area contributed by atoms with Crippen molar-refractivity contribution in [2.45, 2.75) is 36.5 Å². The summed E-state index contributed by atoms with van der Waals surface area (Å²) in [6, 6.07) is 13.9. The Kier molecular flexibility index (Phi) is 5.76. The molecule has 0 amide bonds. The van der Waals surface area contributed by atoms with E-state index in [1.165, 1.54) is 24.7 Å². The highest BCUT2D eigenvalue weighted by Gasteiger charge is 2.22. The average molecular weight is 448 g/mol. The van der Waals surface area contributed by atoms with Crippen LogP contribution in [0.1, 0.15) is 37.2 Å². The lowest BCUT2D eigenvalue weighted by Gasteiger charge is -2.14. The summed E-state index contributed by atoms with van der Waals surface area (Å²) >= 11 is 12.2. The van der Waals surface area contributed by atoms with Crippen LogP contribution in [0.2, 0.25) is 10.2 Å². The average Bonchev–Trinajstić information content (AvgIpc) is 3.24. The smallest absolute Gasteiger partial charge is 0.263 e. The van der Waals surface area contributed by atoms with Gasteiger partial charge in [-0.3, -0.25) is 4.72 Å². The van der Waals surface area contributed by atoms with Gasteiger partial charge in [0.05, 0.1) is 10.5 Å². The maximum atomic E-state index is 12.9. The van der Waals surface area contributed by atoms with Crippen molar-refractivity contribution in [1.29, 1.82) is 0 Å². The highest BCUT2D eigenvalue weighted by molar-refractivity contribution is 7.92. The van der Waals surface area contributed by atoms with Crippen LogP contribution in [-0.2, 0) is 10.0 Å². The molecule has 0 radical (unpaired) electrons. The van der Waals surface area contributed by atoms with Crippen LogP contribution < -0.4 is 4.72 Å². The van der Waals surface area contributed by atoms with Gasteiger partial charge < -0.3 is 0 Å². The lowest BCUT2D eigenvalue weighted by atomic mass is 9.98. The first-order valence-corrected chi connectivity index (χ1v) is 11.6. The molecule has 1 aliphatic carbocycles. The zero-order chi connectivity index (χ0) is 20.4. The van der Waals surface area contributed by atoms with Crippen LogP contribution in [0.3, 0.4) is 0 Å². The van der Waals surface area contributed by atoms with Gasteiger partial charge in [-0.25, -0.2) is 18.4 Å². The van der Waals surface area contributed by atoms with E-state index in [1.807, 2.05) is 12.1 Å². The Morgan fingerprint density at radius 3 is 2.21 bits per heavy atom. The highest BCUT2D eigenvalue weighted by atomic mass is 35.5. The third-order valence-corrected chi connectivity index (χ3v) is 7.08. The summed E-state index contributed by atoms with van der Waals surface area (Å²) in [4.78, 5) is 8.27. The van der Waals surface area contributed by atoms with Gasteiger partial charge in [0.1, 0.15) is 11.5 Å². The van der Waals surface area contributed by atoms with Crippen LogP contribution in [0.25, 0.3) is 11.1 Å². The van der Waals surface area contributed by atoms with Crippen LogP contribution in [0, 0.1) is 0 Å². The Bertz CT molecular complexity index is 1110. The predicted octanol–water partition coefficient (Wildman–Crippen LogP) is 5.91. The SMILES string of the molecule is O=S(=O)(Nc1ncnc(Cl)c1-c1ccc(Cl)cc1)c1ccc(C2CCCC2)cc1. The van der Waals surface area contributed by atoms with Gasteiger partial charge in [0, 0.05) is 5.02 Å². The van der Waals surface area contributed by atoms with Crippen molar-refractivity contribution in [2.75, 3.05) is 4.72 Å². The number of hydrogen-bond acceptors (Lipinski definition) is 4. The van der Waals surface area contributed by atoms with E-state index in [2.05, 4.69) is 14.7 Å². The van der Waals surface area contributed by atoms with Crippen LogP contribution in [0.5, 0.6) is 0 Å². The molecule has 29 heavy (non-hydrogen) atoms. The van der Waals surface area contributed by atoms with Gasteiger partial charge in [-0.15, -0.1) is 0 Å². The van der Waals surface area contributed by atoms with Gasteiger partial charge in [0.25, 0.3) is 10.0 Å². The molecule has 2 aromatic carbocycles. The van der Waals surface area contributed by atoms with Gasteiger partial charge in [-0.05, 0) is 54.2 Å². The fourth-order valence-electron chi connectivity index (χ4n) is 3.68. The zero-order valence-electron chi connectivity index (χ0n) is 15.5. The summed E-state index contributed by atoms with van der Waals surface area (Å²) in [5, 5.41) is 0.711. The van der Waals surface area contributed by atoms with E-state index in [0.717, 1.165) is 12.8 Å². The van der Waals surface area contributed by atoms with Crippen molar-refractivity contribution < 1.29 is 8.42 Å². The molecule has 1 fully saturated rings. The third kappa shape index (κ3) is 4.39. The molecule has 1 aliphatic rings. The molecule has 0 bridgehead atoms. The van der Waals surface area contributed by atoms with Gasteiger partial charge in [-0.2, -0.15) is 0 Å². The Balaban J connectivity index is 1.64. The summed E-state index contributed by atoms with van der Waals surface area (Å²) in [6.45, 7) is 0. The molecule has 150 valence electrons. The van der Waals surface area contributed by atoms with Gasteiger partial charge in [0.15, 0.2) is 5.82 Å². The number of anilines is 1. The number of rotatable bonds is 5. The molecule has 5 nitrogen and oxygen atoms in total. The number of benzene rings is 2. The zero-order valence-corrected chi connectivity index (χ0v) is 17.8. The fourth-order valence-corrected chi connectivity index (χ4v) is 5.07. The van der Waals surface area contributed by atoms with E-state index < -0.39 is 10.0 Å². The number of aromatic nitrogens is 2. The lowest BCUT2D eigenvalue weighted by molar-refractivity contribution is 0.601. The number of hydrogen-bond donors (Lipinski definition) is 1. The first-order valence-electron chi connectivity index (χ1n) is 9.33. The molecule has 0 atom stereocenters. The third-order valence-electron chi connectivity index (χ3n) is 5.18. The second-order valence-electron chi connectivity index (χ2n) is 7.05. The molecule has 0 aliphatic heterocycles. The Labute approximate surface area is 180 Å². The molecule has 0 unspecified atom stereocenters. The second kappa shape index (κ2) is 8.30. The fraction of sp³-hybridized carbons (Fsp3) is 0.238. The molecule has 0 saturated heterocycles. The monoisotopic (exact) mass is 447 g/mol. The molecule has 1 aromatic heterocycles. The van der Waals surface area contributed by atoms with E-state index in [9.17, 15) is 8.42 Å². The quantitative estimate of drug-likeness (QED) is 0.493. The minimum absolute atomic E-state index is 0.118. The van der Waals surface area contributed by atoms with Crippen molar-refractivity contribution in [2.24, 2.45) is 0 Å². The maximum absolute atomic E-state index is 12.9. The van der Waals surface area contributed by atoms with Crippen molar-refractivity contribution in [1.82, 2.24) is 9.97 Å². The Hall–Kier alpha value is -2.15. The van der Waals surface area contributed by atoms with Gasteiger partial charge in [0.2, 0.25) is 0 Å². The number of nitrogens with one attached hydrogen (secondary N) is 1. The minimum atomic E-state index is -3.83. The van der Waals surface area contributed by atoms with Crippen molar-refractivity contribution in [3.63, 3.8) is 0 Å². The summed E-state index contributed by atoms with van der Waals surface area (Å²) < 4.78 is 28.4. The van der Waals surface area contributed by atoms with E-state index in [0.29, 0.717) is 22.1 Å². The van der Waals surface area contributed by atoms with Crippen LogP contribution in [0.4, 0.5) is 5.82 Å². The second-order valence-corrected chi connectivity index (χ2v) is 9.53. The molecule has 4 rings (SSSR count). The molecule has 1 heterocycles. The molecule has 3 aromatic rings. The number of nitrogens with zero attached hydrogens (tertiary/aromatic N) is 2. The predicted molar refractivity (Wildman–Crippen MR) is 116 cm³/mol. The molecular weight excluding hydrogens is 429 g/mol. The van der Waals surface area contributed by atoms with E-state index in [1.54, 1.807) is 36.4 Å². The maximum Gasteiger partial charge on any atom is 0.263 e. The normalized spacial score (nSPS) is 14.8. The van der Waals surface area contributed by atoms with Gasteiger partial charge in [-0.1, -0.05) is 60.3 Å². The van der Waals surface area contributed by atoms with E-state index in [-0.39, 0.29) is 15.9 Å². The van der Waals surface area contributed by atoms with Crippen molar-refractivity contribution in [3.8, 4) is 11.1 Å². The Morgan fingerprint density at radius 2 is 1.55 bits per heavy atom. The number of halogens is 2. The summed E-state index contributed by atoms with van der Waals surface area (Å²) in [7, 11) is -3.83. The van der Waals surface area contributed by atoms with Crippen LogP contribution >= 0.6 is 23.2 Å². The number of sulfonamides is 1. The molecule has 1 N–H and O–H groups in total. The summed E-state index contributed by atoms with van der Waals surface area (Å²) in [5.41, 5.74) is 2.25. The van der Waals surface area contributed by atoms with Gasteiger partial charge >= 0.3 is 0 Å². The summed E-state index contributed by atoms with van der Waals surface area (Å²) in [6.07, 6.45) is 6.01. The topological polar surface area (TPSA) is 72.0 Å². The molecular formula is C21H19Cl2N3O2S. The largest absolute Gasteiger partial charge is 0.263 e. The molecule has 0 spiro atoms. The van der Waals surface area contributed by atoms with E-state index >= 15 is 0 Å². The summed E-state index contributed by atoms with van der Waals surface area (Å²) in [5.74, 6) is 0.643. The van der Waals surface area contributed by atoms with E-state index in [4.69, 9.17) is 23.2 Å². The minimum Gasteiger partial charge on any atom is -0.263 e. The lowest BCUT2D eigenvalue weighted by Crippen LogP contribution is -2.15. The molecule has 8 heteroatoms.